The van der Waals surface area contributed by atoms with E-state index in [1.54, 1.807) is 31.2 Å². The summed E-state index contributed by atoms with van der Waals surface area (Å²) >= 11 is 5.77. The van der Waals surface area contributed by atoms with Crippen molar-refractivity contribution in [3.8, 4) is 5.75 Å². The molecule has 0 fully saturated rings. The molecule has 0 aliphatic carbocycles. The lowest BCUT2D eigenvalue weighted by molar-refractivity contribution is -0.148. The van der Waals surface area contributed by atoms with E-state index >= 15 is 0 Å². The molecular formula is C10H11ClO3. The van der Waals surface area contributed by atoms with Gasteiger partial charge in [-0.2, -0.15) is 0 Å². The highest BCUT2D eigenvalue weighted by atomic mass is 35.5. The number of carbonyl (C=O) groups is 1. The number of para-hydroxylation sites is 1. The lowest BCUT2D eigenvalue weighted by Crippen LogP contribution is -2.37. The molecule has 1 N–H and O–H groups in total. The largest absolute Gasteiger partial charge is 0.477 e. The number of hydrogen-bond acceptors (Lipinski definition) is 2. The normalized spacial score (nSPS) is 14.4. The van der Waals surface area contributed by atoms with E-state index in [0.29, 0.717) is 5.75 Å². The zero-order chi connectivity index (χ0) is 10.6. The first kappa shape index (κ1) is 10.9. The number of benzene rings is 1. The number of carboxylic acid groups (broad SMARTS) is 1. The van der Waals surface area contributed by atoms with Gasteiger partial charge >= 0.3 is 5.97 Å². The van der Waals surface area contributed by atoms with E-state index in [1.807, 2.05) is 6.07 Å². The van der Waals surface area contributed by atoms with Gasteiger partial charge < -0.3 is 9.84 Å². The van der Waals surface area contributed by atoms with Crippen LogP contribution in [0.5, 0.6) is 5.75 Å². The van der Waals surface area contributed by atoms with Crippen LogP contribution in [-0.2, 0) is 4.79 Å². The van der Waals surface area contributed by atoms with Crippen LogP contribution in [0, 0.1) is 0 Å². The van der Waals surface area contributed by atoms with Crippen molar-refractivity contribution in [1.29, 1.82) is 0 Å². The van der Waals surface area contributed by atoms with Crippen molar-refractivity contribution < 1.29 is 14.6 Å². The topological polar surface area (TPSA) is 46.5 Å². The van der Waals surface area contributed by atoms with Gasteiger partial charge in [0, 0.05) is 6.42 Å². The molecule has 1 aromatic rings. The quantitative estimate of drug-likeness (QED) is 0.784. The Kier molecular flexibility index (Phi) is 3.36. The van der Waals surface area contributed by atoms with E-state index in [1.165, 1.54) is 0 Å². The molecule has 1 rings (SSSR count). The molecule has 0 bridgehead atoms. The third-order valence-corrected chi connectivity index (χ3v) is 2.30. The van der Waals surface area contributed by atoms with Crippen molar-refractivity contribution in [2.75, 3.05) is 0 Å². The molecule has 76 valence electrons. The van der Waals surface area contributed by atoms with E-state index in [0.717, 1.165) is 0 Å². The fourth-order valence-electron chi connectivity index (χ4n) is 0.942. The summed E-state index contributed by atoms with van der Waals surface area (Å²) in [7, 11) is 0. The van der Waals surface area contributed by atoms with Crippen LogP contribution in [0.25, 0.3) is 0 Å². The zero-order valence-corrected chi connectivity index (χ0v) is 8.49. The highest BCUT2D eigenvalue weighted by Gasteiger charge is 2.36. The second kappa shape index (κ2) is 4.33. The van der Waals surface area contributed by atoms with E-state index in [4.69, 9.17) is 21.4 Å². The molecule has 0 heterocycles. The maximum absolute atomic E-state index is 10.8. The Balaban J connectivity index is 2.81. The molecule has 0 radical (unpaired) electrons. The fourth-order valence-corrected chi connectivity index (χ4v) is 1.03. The summed E-state index contributed by atoms with van der Waals surface area (Å²) in [5.74, 6) is -0.725. The van der Waals surface area contributed by atoms with Gasteiger partial charge in [0.25, 0.3) is 5.06 Å². The zero-order valence-electron chi connectivity index (χ0n) is 7.74. The average Bonchev–Trinajstić information content (AvgIpc) is 2.19. The molecule has 4 heteroatoms. The van der Waals surface area contributed by atoms with Crippen molar-refractivity contribution in [2.45, 2.75) is 18.4 Å². The standard InChI is InChI=1S/C10H11ClO3/c1-2-10(11,9(12)13)14-8-6-4-3-5-7-8/h3-7H,2H2,1H3,(H,12,13)/t10-/m0/s1. The Bertz CT molecular complexity index is 312. The van der Waals surface area contributed by atoms with Gasteiger partial charge in [-0.3, -0.25) is 0 Å². The maximum atomic E-state index is 10.8. The van der Waals surface area contributed by atoms with Crippen LogP contribution in [0.15, 0.2) is 30.3 Å². The van der Waals surface area contributed by atoms with Gasteiger partial charge in [-0.1, -0.05) is 36.7 Å². The Morgan fingerprint density at radius 3 is 2.50 bits per heavy atom. The summed E-state index contributed by atoms with van der Waals surface area (Å²) in [6.07, 6.45) is 0.193. The molecule has 0 aliphatic heterocycles. The first-order chi connectivity index (χ1) is 6.58. The SMILES string of the molecule is CC[C@](Cl)(Oc1ccccc1)C(=O)O. The van der Waals surface area contributed by atoms with Gasteiger partial charge in [0.1, 0.15) is 5.75 Å². The molecule has 14 heavy (non-hydrogen) atoms. The Hall–Kier alpha value is -1.22. The van der Waals surface area contributed by atoms with Gasteiger partial charge in [-0.15, -0.1) is 0 Å². The summed E-state index contributed by atoms with van der Waals surface area (Å²) in [4.78, 5) is 10.8. The summed E-state index contributed by atoms with van der Waals surface area (Å²) in [5, 5.41) is 7.17. The molecule has 0 aliphatic rings. The van der Waals surface area contributed by atoms with Crippen LogP contribution in [0.4, 0.5) is 0 Å². The summed E-state index contributed by atoms with van der Waals surface area (Å²) in [6.45, 7) is 1.66. The van der Waals surface area contributed by atoms with Gasteiger partial charge in [-0.05, 0) is 12.1 Å². The van der Waals surface area contributed by atoms with Crippen molar-refractivity contribution in [3.63, 3.8) is 0 Å². The molecule has 0 amide bonds. The maximum Gasteiger partial charge on any atom is 0.364 e. The van der Waals surface area contributed by atoms with Gasteiger partial charge in [0.15, 0.2) is 0 Å². The van der Waals surface area contributed by atoms with Crippen molar-refractivity contribution in [1.82, 2.24) is 0 Å². The summed E-state index contributed by atoms with van der Waals surface area (Å²) in [6, 6.07) is 8.65. The third kappa shape index (κ3) is 2.39. The van der Waals surface area contributed by atoms with E-state index in [2.05, 4.69) is 0 Å². The van der Waals surface area contributed by atoms with Crippen LogP contribution >= 0.6 is 11.6 Å². The smallest absolute Gasteiger partial charge is 0.364 e. The van der Waals surface area contributed by atoms with Crippen molar-refractivity contribution in [3.05, 3.63) is 30.3 Å². The second-order valence-corrected chi connectivity index (χ2v) is 3.41. The summed E-state index contributed by atoms with van der Waals surface area (Å²) in [5.41, 5.74) is 0. The first-order valence-electron chi connectivity index (χ1n) is 4.25. The highest BCUT2D eigenvalue weighted by molar-refractivity contribution is 6.32. The van der Waals surface area contributed by atoms with Crippen LogP contribution in [0.1, 0.15) is 13.3 Å². The molecule has 0 spiro atoms. The van der Waals surface area contributed by atoms with E-state index in [9.17, 15) is 4.79 Å². The molecule has 0 saturated heterocycles. The van der Waals surface area contributed by atoms with E-state index in [-0.39, 0.29) is 6.42 Å². The number of aliphatic carboxylic acids is 1. The lowest BCUT2D eigenvalue weighted by Gasteiger charge is -2.21. The minimum atomic E-state index is -1.67. The molecule has 0 saturated carbocycles. The van der Waals surface area contributed by atoms with Crippen LogP contribution < -0.4 is 4.74 Å². The predicted molar refractivity (Wildman–Crippen MR) is 53.6 cm³/mol. The molecule has 3 nitrogen and oxygen atoms in total. The monoisotopic (exact) mass is 214 g/mol. The highest BCUT2D eigenvalue weighted by Crippen LogP contribution is 2.25. The predicted octanol–water partition coefficient (Wildman–Crippen LogP) is 2.50. The minimum Gasteiger partial charge on any atom is -0.477 e. The van der Waals surface area contributed by atoms with Crippen LogP contribution in [0.3, 0.4) is 0 Å². The number of alkyl halides is 1. The van der Waals surface area contributed by atoms with Crippen molar-refractivity contribution in [2.24, 2.45) is 0 Å². The van der Waals surface area contributed by atoms with Gasteiger partial charge in [0.2, 0.25) is 0 Å². The Labute approximate surface area is 87.3 Å². The third-order valence-electron chi connectivity index (χ3n) is 1.80. The number of halogens is 1. The lowest BCUT2D eigenvalue weighted by atomic mass is 10.2. The molecule has 1 atom stereocenters. The molecule has 0 aromatic heterocycles. The number of ether oxygens (including phenoxy) is 1. The molecule has 0 unspecified atom stereocenters. The second-order valence-electron chi connectivity index (χ2n) is 2.80. The van der Waals surface area contributed by atoms with Gasteiger partial charge in [-0.25, -0.2) is 4.79 Å². The minimum absolute atomic E-state index is 0.193. The average molecular weight is 215 g/mol. The number of hydrogen-bond donors (Lipinski definition) is 1. The van der Waals surface area contributed by atoms with Gasteiger partial charge in [0.05, 0.1) is 0 Å². The summed E-state index contributed by atoms with van der Waals surface area (Å²) < 4.78 is 5.18. The van der Waals surface area contributed by atoms with Crippen LogP contribution in [-0.4, -0.2) is 16.1 Å². The number of rotatable bonds is 4. The first-order valence-corrected chi connectivity index (χ1v) is 4.62. The number of carboxylic acids is 1. The molecular weight excluding hydrogens is 204 g/mol. The Morgan fingerprint density at radius 2 is 2.07 bits per heavy atom. The Morgan fingerprint density at radius 1 is 1.50 bits per heavy atom. The molecule has 1 aromatic carbocycles. The van der Waals surface area contributed by atoms with E-state index < -0.39 is 11.0 Å². The fraction of sp³-hybridized carbons (Fsp3) is 0.300. The van der Waals surface area contributed by atoms with Crippen molar-refractivity contribution >= 4 is 17.6 Å². The van der Waals surface area contributed by atoms with Crippen LogP contribution in [0.2, 0.25) is 0 Å².